The van der Waals surface area contributed by atoms with Crippen molar-refractivity contribution < 1.29 is 9.18 Å². The normalized spacial score (nSPS) is 17.1. The van der Waals surface area contributed by atoms with Crippen LogP contribution in [0.25, 0.3) is 0 Å². The Bertz CT molecular complexity index is 872. The van der Waals surface area contributed by atoms with Gasteiger partial charge in [0.05, 0.1) is 5.92 Å². The van der Waals surface area contributed by atoms with Crippen LogP contribution in [0.2, 0.25) is 0 Å². The van der Waals surface area contributed by atoms with Crippen LogP contribution in [0.5, 0.6) is 0 Å². The number of pyridine rings is 1. The molecule has 1 saturated heterocycles. The number of primary amides is 1. The number of guanidine groups is 1. The summed E-state index contributed by atoms with van der Waals surface area (Å²) in [6.07, 6.45) is 3.49. The number of rotatable bonds is 6. The predicted molar refractivity (Wildman–Crippen MR) is 112 cm³/mol. The quantitative estimate of drug-likeness (QED) is 0.509. The third-order valence-corrected chi connectivity index (χ3v) is 5.01. The number of piperidine rings is 1. The number of aromatic nitrogens is 1. The molecule has 1 aromatic heterocycles. The number of benzene rings is 1. The van der Waals surface area contributed by atoms with E-state index in [1.54, 1.807) is 19.3 Å². The number of hydrogen-bond donors (Lipinski definition) is 3. The van der Waals surface area contributed by atoms with Crippen molar-refractivity contribution in [3.63, 3.8) is 0 Å². The van der Waals surface area contributed by atoms with Gasteiger partial charge in [-0.2, -0.15) is 0 Å². The highest BCUT2D eigenvalue weighted by Gasteiger charge is 2.25. The van der Waals surface area contributed by atoms with Crippen molar-refractivity contribution >= 4 is 17.7 Å². The van der Waals surface area contributed by atoms with Gasteiger partial charge >= 0.3 is 0 Å². The maximum atomic E-state index is 13.3. The number of halogens is 1. The average molecular weight is 398 g/mol. The second kappa shape index (κ2) is 9.86. The molecular weight excluding hydrogens is 371 g/mol. The zero-order chi connectivity index (χ0) is 20.6. The summed E-state index contributed by atoms with van der Waals surface area (Å²) in [6.45, 7) is 2.42. The van der Waals surface area contributed by atoms with E-state index in [0.29, 0.717) is 25.6 Å². The summed E-state index contributed by atoms with van der Waals surface area (Å²) >= 11 is 0. The first kappa shape index (κ1) is 20.6. The topological polar surface area (TPSA) is 95.6 Å². The van der Waals surface area contributed by atoms with E-state index in [1.165, 1.54) is 12.1 Å². The molecule has 0 radical (unpaired) electrons. The van der Waals surface area contributed by atoms with E-state index in [1.807, 2.05) is 18.2 Å². The minimum Gasteiger partial charge on any atom is -0.369 e. The monoisotopic (exact) mass is 398 g/mol. The van der Waals surface area contributed by atoms with Crippen molar-refractivity contribution in [3.05, 3.63) is 59.5 Å². The Hall–Kier alpha value is -3.16. The van der Waals surface area contributed by atoms with Crippen LogP contribution in [0, 0.1) is 11.7 Å². The number of nitrogens with two attached hydrogens (primary N) is 1. The smallest absolute Gasteiger partial charge is 0.222 e. The maximum absolute atomic E-state index is 13.3. The van der Waals surface area contributed by atoms with Crippen LogP contribution in [-0.4, -0.2) is 37.0 Å². The molecule has 0 aliphatic carbocycles. The van der Waals surface area contributed by atoms with Gasteiger partial charge in [-0.1, -0.05) is 18.2 Å². The van der Waals surface area contributed by atoms with Gasteiger partial charge < -0.3 is 21.3 Å². The number of aliphatic imine (C=N–C) groups is 1. The zero-order valence-electron chi connectivity index (χ0n) is 16.6. The first-order chi connectivity index (χ1) is 14.1. The van der Waals surface area contributed by atoms with Crippen LogP contribution in [-0.2, 0) is 17.9 Å². The fourth-order valence-electron chi connectivity index (χ4n) is 3.49. The molecule has 1 atom stereocenters. The molecule has 1 aliphatic heterocycles. The minimum absolute atomic E-state index is 0.146. The lowest BCUT2D eigenvalue weighted by Crippen LogP contribution is -2.42. The second-order valence-corrected chi connectivity index (χ2v) is 7.08. The molecule has 1 amide bonds. The molecule has 1 aromatic carbocycles. The molecular formula is C21H27FN6O. The number of hydrogen-bond acceptors (Lipinski definition) is 4. The van der Waals surface area contributed by atoms with Gasteiger partial charge in [-0.3, -0.25) is 9.79 Å². The highest BCUT2D eigenvalue weighted by molar-refractivity contribution is 5.80. The molecule has 0 bridgehead atoms. The van der Waals surface area contributed by atoms with Gasteiger partial charge in [-0.15, -0.1) is 0 Å². The van der Waals surface area contributed by atoms with Gasteiger partial charge in [0.2, 0.25) is 5.91 Å². The molecule has 1 fully saturated rings. The molecule has 2 heterocycles. The number of nitrogens with zero attached hydrogens (tertiary/aromatic N) is 3. The Balaban J connectivity index is 1.62. The summed E-state index contributed by atoms with van der Waals surface area (Å²) in [5.41, 5.74) is 7.35. The number of carbonyl (C=O) groups excluding carboxylic acids is 1. The summed E-state index contributed by atoms with van der Waals surface area (Å²) in [7, 11) is 1.69. The standard InChI is InChI=1S/C21H27FN6O/c1-24-21(26-12-15-5-2-8-18(22)11-15)27-13-16-6-3-9-25-20(16)28-10-4-7-17(14-28)19(23)29/h2-3,5-6,8-9,11,17H,4,7,10,12-14H2,1H3,(H2,23,29)(H2,24,26,27). The Labute approximate surface area is 170 Å². The Morgan fingerprint density at radius 3 is 2.90 bits per heavy atom. The van der Waals surface area contributed by atoms with E-state index in [4.69, 9.17) is 5.73 Å². The highest BCUT2D eigenvalue weighted by atomic mass is 19.1. The molecule has 1 aliphatic rings. The molecule has 0 saturated carbocycles. The second-order valence-electron chi connectivity index (χ2n) is 7.08. The van der Waals surface area contributed by atoms with E-state index >= 15 is 0 Å². The third kappa shape index (κ3) is 5.66. The van der Waals surface area contributed by atoms with E-state index < -0.39 is 0 Å². The van der Waals surface area contributed by atoms with E-state index in [-0.39, 0.29) is 17.6 Å². The molecule has 1 unspecified atom stereocenters. The van der Waals surface area contributed by atoms with Gasteiger partial charge in [0.15, 0.2) is 5.96 Å². The van der Waals surface area contributed by atoms with Crippen molar-refractivity contribution in [2.75, 3.05) is 25.0 Å². The Kier molecular flexibility index (Phi) is 6.99. The first-order valence-corrected chi connectivity index (χ1v) is 9.74. The Morgan fingerprint density at radius 1 is 1.31 bits per heavy atom. The molecule has 2 aromatic rings. The molecule has 0 spiro atoms. The van der Waals surface area contributed by atoms with Gasteiger partial charge in [0.1, 0.15) is 11.6 Å². The molecule has 154 valence electrons. The van der Waals surface area contributed by atoms with E-state index in [2.05, 4.69) is 25.5 Å². The molecule has 4 N–H and O–H groups in total. The summed E-state index contributed by atoms with van der Waals surface area (Å²) in [5, 5.41) is 6.45. The minimum atomic E-state index is -0.261. The van der Waals surface area contributed by atoms with Crippen LogP contribution in [0.3, 0.4) is 0 Å². The van der Waals surface area contributed by atoms with Gasteiger partial charge in [0, 0.05) is 45.0 Å². The highest BCUT2D eigenvalue weighted by Crippen LogP contribution is 2.24. The van der Waals surface area contributed by atoms with Gasteiger partial charge in [0.25, 0.3) is 0 Å². The van der Waals surface area contributed by atoms with Gasteiger partial charge in [-0.05, 0) is 36.6 Å². The van der Waals surface area contributed by atoms with Crippen LogP contribution >= 0.6 is 0 Å². The number of carbonyl (C=O) groups is 1. The fourth-order valence-corrected chi connectivity index (χ4v) is 3.49. The summed E-state index contributed by atoms with van der Waals surface area (Å²) in [6, 6.07) is 10.3. The van der Waals surface area contributed by atoms with Gasteiger partial charge in [-0.25, -0.2) is 9.37 Å². The number of anilines is 1. The van der Waals surface area contributed by atoms with E-state index in [9.17, 15) is 9.18 Å². The van der Waals surface area contributed by atoms with Crippen molar-refractivity contribution in [3.8, 4) is 0 Å². The molecule has 8 heteroatoms. The van der Waals surface area contributed by atoms with Crippen molar-refractivity contribution in [1.82, 2.24) is 15.6 Å². The molecule has 3 rings (SSSR count). The average Bonchev–Trinajstić information content (AvgIpc) is 2.74. The van der Waals surface area contributed by atoms with Crippen LogP contribution < -0.4 is 21.3 Å². The molecule has 29 heavy (non-hydrogen) atoms. The van der Waals surface area contributed by atoms with Crippen molar-refractivity contribution in [2.45, 2.75) is 25.9 Å². The van der Waals surface area contributed by atoms with Crippen molar-refractivity contribution in [1.29, 1.82) is 0 Å². The van der Waals surface area contributed by atoms with Crippen LogP contribution in [0.15, 0.2) is 47.6 Å². The Morgan fingerprint density at radius 2 is 2.14 bits per heavy atom. The number of amides is 1. The maximum Gasteiger partial charge on any atom is 0.222 e. The van der Waals surface area contributed by atoms with Crippen molar-refractivity contribution in [2.24, 2.45) is 16.6 Å². The lowest BCUT2D eigenvalue weighted by molar-refractivity contribution is -0.122. The van der Waals surface area contributed by atoms with Crippen LogP contribution in [0.1, 0.15) is 24.0 Å². The fraction of sp³-hybridized carbons (Fsp3) is 0.381. The summed E-state index contributed by atoms with van der Waals surface area (Å²) < 4.78 is 13.3. The predicted octanol–water partition coefficient (Wildman–Crippen LogP) is 1.79. The molecule has 7 nitrogen and oxygen atoms in total. The largest absolute Gasteiger partial charge is 0.369 e. The third-order valence-electron chi connectivity index (χ3n) is 5.01. The van der Waals surface area contributed by atoms with E-state index in [0.717, 1.165) is 36.3 Å². The lowest BCUT2D eigenvalue weighted by Gasteiger charge is -2.33. The number of nitrogens with one attached hydrogen (secondary N) is 2. The lowest BCUT2D eigenvalue weighted by atomic mass is 9.97. The summed E-state index contributed by atoms with van der Waals surface area (Å²) in [4.78, 5) is 22.5. The summed E-state index contributed by atoms with van der Waals surface area (Å²) in [5.74, 6) is 0.798. The zero-order valence-corrected chi connectivity index (χ0v) is 16.6. The first-order valence-electron chi connectivity index (χ1n) is 9.74. The van der Waals surface area contributed by atoms with Crippen LogP contribution in [0.4, 0.5) is 10.2 Å². The SMILES string of the molecule is CN=C(NCc1cccc(F)c1)NCc1cccnc1N1CCCC(C(N)=O)C1.